The molecule has 0 spiro atoms. The van der Waals surface area contributed by atoms with E-state index in [9.17, 15) is 13.2 Å². The van der Waals surface area contributed by atoms with E-state index in [4.69, 9.17) is 23.2 Å². The molecule has 0 radical (unpaired) electrons. The number of nitrogens with zero attached hydrogens (tertiary/aromatic N) is 1. The third kappa shape index (κ3) is 2.17. The van der Waals surface area contributed by atoms with Crippen LogP contribution in [0.1, 0.15) is 12.5 Å². The van der Waals surface area contributed by atoms with Crippen LogP contribution < -0.4 is 5.32 Å². The van der Waals surface area contributed by atoms with Crippen LogP contribution in [0.15, 0.2) is 28.8 Å². The summed E-state index contributed by atoms with van der Waals surface area (Å²) in [6.45, 7) is 2.09. The molecule has 5 nitrogen and oxygen atoms in total. The second kappa shape index (κ2) is 5.27. The van der Waals surface area contributed by atoms with Crippen LogP contribution in [0, 0.1) is 0 Å². The quantitative estimate of drug-likeness (QED) is 0.899. The van der Waals surface area contributed by atoms with E-state index in [0.29, 0.717) is 6.54 Å². The Labute approximate surface area is 127 Å². The lowest BCUT2D eigenvalue weighted by Gasteiger charge is -2.29. The van der Waals surface area contributed by atoms with Crippen molar-refractivity contribution in [3.63, 3.8) is 0 Å². The van der Waals surface area contributed by atoms with Crippen molar-refractivity contribution in [3.8, 4) is 0 Å². The first-order valence-electron chi connectivity index (χ1n) is 5.78. The van der Waals surface area contributed by atoms with Crippen molar-refractivity contribution in [1.29, 1.82) is 0 Å². The van der Waals surface area contributed by atoms with E-state index in [2.05, 4.69) is 5.32 Å². The maximum Gasteiger partial charge on any atom is 0.270 e. The molecule has 0 bridgehead atoms. The maximum absolute atomic E-state index is 12.5. The highest BCUT2D eigenvalue weighted by molar-refractivity contribution is 7.89. The van der Waals surface area contributed by atoms with Gasteiger partial charge in [0.25, 0.3) is 15.9 Å². The van der Waals surface area contributed by atoms with Gasteiger partial charge in [0, 0.05) is 19.2 Å². The Morgan fingerprint density at radius 2 is 2.00 bits per heavy atom. The van der Waals surface area contributed by atoms with E-state index >= 15 is 0 Å². The molecule has 0 saturated carbocycles. The van der Waals surface area contributed by atoms with Crippen molar-refractivity contribution in [1.82, 2.24) is 9.62 Å². The van der Waals surface area contributed by atoms with Crippen LogP contribution in [-0.4, -0.2) is 32.2 Å². The fourth-order valence-electron chi connectivity index (χ4n) is 1.95. The fourth-order valence-corrected chi connectivity index (χ4v) is 4.35. The highest BCUT2D eigenvalue weighted by Gasteiger charge is 2.38. The Morgan fingerprint density at radius 1 is 1.35 bits per heavy atom. The number of likely N-dealkylation sites (N-methyl/N-ethyl adjacent to an activating group) is 2. The predicted octanol–water partition coefficient (Wildman–Crippen LogP) is 2.02. The van der Waals surface area contributed by atoms with E-state index in [1.165, 1.54) is 19.2 Å². The number of nitrogens with one attached hydrogen (secondary N) is 1. The van der Waals surface area contributed by atoms with Crippen LogP contribution >= 0.6 is 23.2 Å². The number of carbonyl (C=O) groups is 1. The van der Waals surface area contributed by atoms with E-state index in [0.717, 1.165) is 4.31 Å². The Morgan fingerprint density at radius 3 is 2.60 bits per heavy atom. The summed E-state index contributed by atoms with van der Waals surface area (Å²) in [7, 11) is -2.63. The summed E-state index contributed by atoms with van der Waals surface area (Å²) in [6.07, 6.45) is 0. The van der Waals surface area contributed by atoms with Crippen molar-refractivity contribution < 1.29 is 13.2 Å². The summed E-state index contributed by atoms with van der Waals surface area (Å²) in [5.74, 6) is -0.547. The highest BCUT2D eigenvalue weighted by atomic mass is 35.5. The molecule has 1 aliphatic heterocycles. The topological polar surface area (TPSA) is 66.5 Å². The molecule has 0 aliphatic carbocycles. The van der Waals surface area contributed by atoms with Crippen LogP contribution in [0.3, 0.4) is 0 Å². The number of benzene rings is 1. The maximum atomic E-state index is 12.5. The molecular formula is C12H12Cl2N2O3S. The SMILES string of the molecule is CCNC(=O)C1=C(Cl)c2cccc(Cl)c2S(=O)(=O)N1C. The molecule has 1 aromatic rings. The Kier molecular flexibility index (Phi) is 4.00. The third-order valence-electron chi connectivity index (χ3n) is 2.90. The van der Waals surface area contributed by atoms with E-state index in [-0.39, 0.29) is 26.2 Å². The van der Waals surface area contributed by atoms with Crippen molar-refractivity contribution in [2.45, 2.75) is 11.8 Å². The molecule has 1 aromatic carbocycles. The van der Waals surface area contributed by atoms with Gasteiger partial charge in [-0.1, -0.05) is 35.3 Å². The van der Waals surface area contributed by atoms with E-state index < -0.39 is 15.9 Å². The van der Waals surface area contributed by atoms with Gasteiger partial charge in [0.15, 0.2) is 0 Å². The highest BCUT2D eigenvalue weighted by Crippen LogP contribution is 2.41. The monoisotopic (exact) mass is 334 g/mol. The number of carbonyl (C=O) groups excluding carboxylic acids is 1. The average Bonchev–Trinajstić information content (AvgIpc) is 2.37. The molecule has 1 heterocycles. The van der Waals surface area contributed by atoms with Crippen molar-refractivity contribution >= 4 is 44.2 Å². The summed E-state index contributed by atoms with van der Waals surface area (Å²) >= 11 is 12.2. The Balaban J connectivity index is 2.78. The van der Waals surface area contributed by atoms with Crippen LogP contribution in [0.5, 0.6) is 0 Å². The number of hydrogen-bond acceptors (Lipinski definition) is 3. The largest absolute Gasteiger partial charge is 0.351 e. The average molecular weight is 335 g/mol. The van der Waals surface area contributed by atoms with E-state index in [1.807, 2.05) is 0 Å². The smallest absolute Gasteiger partial charge is 0.270 e. The number of amides is 1. The molecule has 1 aliphatic rings. The lowest BCUT2D eigenvalue weighted by molar-refractivity contribution is -0.118. The molecule has 0 aromatic heterocycles. The van der Waals surface area contributed by atoms with Crippen molar-refractivity contribution in [2.75, 3.05) is 13.6 Å². The van der Waals surface area contributed by atoms with Crippen molar-refractivity contribution in [3.05, 3.63) is 34.5 Å². The molecule has 20 heavy (non-hydrogen) atoms. The molecule has 0 fully saturated rings. The molecule has 108 valence electrons. The summed E-state index contributed by atoms with van der Waals surface area (Å²) in [6, 6.07) is 4.57. The zero-order chi connectivity index (χ0) is 15.1. The predicted molar refractivity (Wildman–Crippen MR) is 77.9 cm³/mol. The number of fused-ring (bicyclic) bond motifs is 1. The molecule has 0 atom stereocenters. The number of sulfonamides is 1. The molecule has 2 rings (SSSR count). The normalized spacial score (nSPS) is 16.9. The summed E-state index contributed by atoms with van der Waals surface area (Å²) in [4.78, 5) is 11.9. The molecular weight excluding hydrogens is 323 g/mol. The van der Waals surface area contributed by atoms with Gasteiger partial charge in [-0.2, -0.15) is 0 Å². The standard InChI is InChI=1S/C12H12Cl2N2O3S/c1-3-15-12(17)10-9(14)7-5-4-6-8(13)11(7)20(18,19)16(10)2/h4-6H,3H2,1-2H3,(H,15,17). The first-order chi connectivity index (χ1) is 9.32. The van der Waals surface area contributed by atoms with Gasteiger partial charge in [0.1, 0.15) is 10.6 Å². The molecule has 1 amide bonds. The minimum absolute atomic E-state index is 0.0609. The lowest BCUT2D eigenvalue weighted by Crippen LogP contribution is -2.39. The summed E-state index contributed by atoms with van der Waals surface area (Å²) in [5.41, 5.74) is 0.127. The molecule has 1 N–H and O–H groups in total. The van der Waals surface area contributed by atoms with Crippen LogP contribution in [0.2, 0.25) is 5.02 Å². The second-order valence-electron chi connectivity index (χ2n) is 4.11. The number of halogens is 2. The van der Waals surface area contributed by atoms with Gasteiger partial charge in [-0.05, 0) is 13.0 Å². The van der Waals surface area contributed by atoms with Crippen LogP contribution in [-0.2, 0) is 14.8 Å². The zero-order valence-corrected chi connectivity index (χ0v) is 13.1. The van der Waals surface area contributed by atoms with Gasteiger partial charge in [-0.15, -0.1) is 0 Å². The first-order valence-corrected chi connectivity index (χ1v) is 7.97. The van der Waals surface area contributed by atoms with Crippen LogP contribution in [0.25, 0.3) is 5.03 Å². The second-order valence-corrected chi connectivity index (χ2v) is 6.80. The lowest BCUT2D eigenvalue weighted by atomic mass is 10.1. The van der Waals surface area contributed by atoms with Gasteiger partial charge in [-0.25, -0.2) is 8.42 Å². The molecule has 0 unspecified atom stereocenters. The van der Waals surface area contributed by atoms with Crippen molar-refractivity contribution in [2.24, 2.45) is 0 Å². The fraction of sp³-hybridized carbons (Fsp3) is 0.250. The van der Waals surface area contributed by atoms with Gasteiger partial charge >= 0.3 is 0 Å². The zero-order valence-electron chi connectivity index (χ0n) is 10.8. The van der Waals surface area contributed by atoms with Gasteiger partial charge in [0.05, 0.1) is 10.1 Å². The third-order valence-corrected chi connectivity index (χ3v) is 5.57. The number of rotatable bonds is 2. The molecule has 8 heteroatoms. The van der Waals surface area contributed by atoms with E-state index in [1.54, 1.807) is 13.0 Å². The molecule has 0 saturated heterocycles. The minimum atomic E-state index is -3.90. The first kappa shape index (κ1) is 15.2. The summed E-state index contributed by atoms with van der Waals surface area (Å²) in [5, 5.41) is 2.67. The van der Waals surface area contributed by atoms with Crippen LogP contribution in [0.4, 0.5) is 0 Å². The van der Waals surface area contributed by atoms with Gasteiger partial charge in [-0.3, -0.25) is 9.10 Å². The summed E-state index contributed by atoms with van der Waals surface area (Å²) < 4.78 is 25.8. The van der Waals surface area contributed by atoms with Gasteiger partial charge < -0.3 is 5.32 Å². The Bertz CT molecular complexity index is 713. The minimum Gasteiger partial charge on any atom is -0.351 e. The number of hydrogen-bond donors (Lipinski definition) is 1. The van der Waals surface area contributed by atoms with Gasteiger partial charge in [0.2, 0.25) is 0 Å². The Hall–Kier alpha value is -1.24.